The molecule has 1 fully saturated rings. The fourth-order valence-electron chi connectivity index (χ4n) is 3.12. The van der Waals surface area contributed by atoms with Crippen LogP contribution in [0.2, 0.25) is 0 Å². The van der Waals surface area contributed by atoms with Crippen molar-refractivity contribution in [3.63, 3.8) is 0 Å². The van der Waals surface area contributed by atoms with E-state index in [0.717, 1.165) is 37.8 Å². The highest BCUT2D eigenvalue weighted by molar-refractivity contribution is 7.15. The molecule has 2 amide bonds. The van der Waals surface area contributed by atoms with Crippen LogP contribution >= 0.6 is 11.3 Å². The maximum Gasteiger partial charge on any atom is 0.329 e. The van der Waals surface area contributed by atoms with Gasteiger partial charge in [0.15, 0.2) is 5.13 Å². The third-order valence-corrected chi connectivity index (χ3v) is 5.36. The summed E-state index contributed by atoms with van der Waals surface area (Å²) in [5, 5.41) is 15.3. The molecule has 0 bridgehead atoms. The topological polar surface area (TPSA) is 91.3 Å². The summed E-state index contributed by atoms with van der Waals surface area (Å²) >= 11 is 1.50. The molecule has 0 radical (unpaired) electrons. The molecule has 0 aliphatic heterocycles. The molecule has 0 spiro atoms. The lowest BCUT2D eigenvalue weighted by atomic mass is 9.98. The molecule has 0 saturated heterocycles. The van der Waals surface area contributed by atoms with Gasteiger partial charge in [-0.3, -0.25) is 5.32 Å². The fraction of sp³-hybridized carbons (Fsp3) is 0.643. The normalized spacial score (nSPS) is 19.8. The van der Waals surface area contributed by atoms with E-state index >= 15 is 0 Å². The van der Waals surface area contributed by atoms with E-state index in [4.69, 9.17) is 0 Å². The Labute approximate surface area is 127 Å². The van der Waals surface area contributed by atoms with Crippen molar-refractivity contribution < 1.29 is 14.7 Å². The molecule has 1 saturated carbocycles. The molecule has 0 aromatic carbocycles. The second-order valence-corrected chi connectivity index (χ2v) is 6.85. The van der Waals surface area contributed by atoms with Gasteiger partial charge in [-0.25, -0.2) is 14.6 Å². The van der Waals surface area contributed by atoms with Gasteiger partial charge in [0.1, 0.15) is 5.54 Å². The first-order chi connectivity index (χ1) is 10.1. The van der Waals surface area contributed by atoms with Gasteiger partial charge in [0.2, 0.25) is 0 Å². The van der Waals surface area contributed by atoms with Crippen LogP contribution in [0.1, 0.15) is 49.1 Å². The number of thiazole rings is 1. The quantitative estimate of drug-likeness (QED) is 0.800. The van der Waals surface area contributed by atoms with Crippen molar-refractivity contribution in [1.82, 2.24) is 10.3 Å². The maximum absolute atomic E-state index is 12.1. The minimum atomic E-state index is -1.11. The second kappa shape index (κ2) is 5.63. The Morgan fingerprint density at radius 2 is 1.86 bits per heavy atom. The number of carboxylic acids is 1. The van der Waals surface area contributed by atoms with E-state index in [1.165, 1.54) is 22.6 Å². The standard InChI is InChI=1S/C14H19N3O3S/c18-11(19)14(7-3-4-8-14)17-12(20)16-13-15-9-5-1-2-6-10(9)21-13/h1-8H2,(H,18,19)(H2,15,16,17,20). The average Bonchev–Trinajstić information content (AvgIpc) is 3.05. The molecule has 7 heteroatoms. The molecular formula is C14H19N3O3S. The molecule has 0 atom stereocenters. The Bertz CT molecular complexity index is 540. The van der Waals surface area contributed by atoms with Gasteiger partial charge in [-0.15, -0.1) is 11.3 Å². The number of hydrogen-bond acceptors (Lipinski definition) is 4. The SMILES string of the molecule is O=C(Nc1nc2c(s1)CCCC2)NC1(C(=O)O)CCCC1. The average molecular weight is 309 g/mol. The Morgan fingerprint density at radius 3 is 2.52 bits per heavy atom. The molecule has 2 aliphatic carbocycles. The number of urea groups is 1. The van der Waals surface area contributed by atoms with Crippen LogP contribution in [-0.2, 0) is 17.6 Å². The van der Waals surface area contributed by atoms with Crippen LogP contribution in [0.4, 0.5) is 9.93 Å². The molecule has 1 aromatic heterocycles. The van der Waals surface area contributed by atoms with Crippen LogP contribution in [0, 0.1) is 0 Å². The van der Waals surface area contributed by atoms with Crippen LogP contribution in [0.5, 0.6) is 0 Å². The molecule has 6 nitrogen and oxygen atoms in total. The number of rotatable bonds is 3. The van der Waals surface area contributed by atoms with Crippen LogP contribution in [0.3, 0.4) is 0 Å². The predicted molar refractivity (Wildman–Crippen MR) is 79.7 cm³/mol. The van der Waals surface area contributed by atoms with Gasteiger partial charge in [-0.1, -0.05) is 12.8 Å². The van der Waals surface area contributed by atoms with Crippen molar-refractivity contribution in [2.45, 2.75) is 56.9 Å². The molecule has 0 unspecified atom stereocenters. The highest BCUT2D eigenvalue weighted by Crippen LogP contribution is 2.31. The molecule has 1 heterocycles. The molecule has 2 aliphatic rings. The highest BCUT2D eigenvalue weighted by Gasteiger charge is 2.42. The molecule has 114 valence electrons. The van der Waals surface area contributed by atoms with Crippen LogP contribution in [0.15, 0.2) is 0 Å². The summed E-state index contributed by atoms with van der Waals surface area (Å²) in [6.07, 6.45) is 6.95. The lowest BCUT2D eigenvalue weighted by Crippen LogP contribution is -2.53. The first kappa shape index (κ1) is 14.3. The fourth-order valence-corrected chi connectivity index (χ4v) is 4.17. The predicted octanol–water partition coefficient (Wildman–Crippen LogP) is 2.54. The molecule has 21 heavy (non-hydrogen) atoms. The van der Waals surface area contributed by atoms with Gasteiger partial charge in [-0.05, 0) is 38.5 Å². The summed E-state index contributed by atoms with van der Waals surface area (Å²) in [7, 11) is 0. The second-order valence-electron chi connectivity index (χ2n) is 5.77. The number of anilines is 1. The van der Waals surface area contributed by atoms with Crippen LogP contribution < -0.4 is 10.6 Å². The smallest absolute Gasteiger partial charge is 0.329 e. The Balaban J connectivity index is 1.66. The van der Waals surface area contributed by atoms with E-state index < -0.39 is 17.5 Å². The number of nitrogens with zero attached hydrogens (tertiary/aromatic N) is 1. The number of carbonyl (C=O) groups excluding carboxylic acids is 1. The van der Waals surface area contributed by atoms with Gasteiger partial charge in [0, 0.05) is 4.88 Å². The first-order valence-corrected chi connectivity index (χ1v) is 8.22. The lowest BCUT2D eigenvalue weighted by Gasteiger charge is -2.24. The number of nitrogens with one attached hydrogen (secondary N) is 2. The number of aromatic nitrogens is 1. The van der Waals surface area contributed by atoms with E-state index in [1.54, 1.807) is 0 Å². The zero-order chi connectivity index (χ0) is 14.9. The van der Waals surface area contributed by atoms with E-state index in [1.807, 2.05) is 0 Å². The summed E-state index contributed by atoms with van der Waals surface area (Å²) in [6.45, 7) is 0. The highest BCUT2D eigenvalue weighted by atomic mass is 32.1. The first-order valence-electron chi connectivity index (χ1n) is 7.40. The molecular weight excluding hydrogens is 290 g/mol. The van der Waals surface area contributed by atoms with Crippen molar-refractivity contribution in [1.29, 1.82) is 0 Å². The number of amides is 2. The monoisotopic (exact) mass is 309 g/mol. The Hall–Kier alpha value is -1.63. The van der Waals surface area contributed by atoms with Gasteiger partial charge in [0.25, 0.3) is 0 Å². The van der Waals surface area contributed by atoms with Crippen molar-refractivity contribution >= 4 is 28.5 Å². The van der Waals surface area contributed by atoms with Gasteiger partial charge >= 0.3 is 12.0 Å². The van der Waals surface area contributed by atoms with Crippen molar-refractivity contribution in [3.05, 3.63) is 10.6 Å². The maximum atomic E-state index is 12.1. The number of aryl methyl sites for hydroxylation is 2. The summed E-state index contributed by atoms with van der Waals surface area (Å²) < 4.78 is 0. The third kappa shape index (κ3) is 2.88. The minimum Gasteiger partial charge on any atom is -0.480 e. The Kier molecular flexibility index (Phi) is 3.84. The van der Waals surface area contributed by atoms with Gasteiger partial charge < -0.3 is 10.4 Å². The van der Waals surface area contributed by atoms with Gasteiger partial charge in [0.05, 0.1) is 5.69 Å². The summed E-state index contributed by atoms with van der Waals surface area (Å²) in [4.78, 5) is 29.2. The third-order valence-electron chi connectivity index (χ3n) is 4.29. The summed E-state index contributed by atoms with van der Waals surface area (Å²) in [5.41, 5.74) is -0.0311. The number of fused-ring (bicyclic) bond motifs is 1. The van der Waals surface area contributed by atoms with Gasteiger partial charge in [-0.2, -0.15) is 0 Å². The molecule has 1 aromatic rings. The summed E-state index contributed by atoms with van der Waals surface area (Å²) in [5.74, 6) is -0.950. The van der Waals surface area contributed by atoms with Crippen molar-refractivity contribution in [2.24, 2.45) is 0 Å². The number of aliphatic carboxylic acids is 1. The number of carbonyl (C=O) groups is 2. The largest absolute Gasteiger partial charge is 0.480 e. The number of hydrogen-bond donors (Lipinski definition) is 3. The minimum absolute atomic E-state index is 0.467. The van der Waals surface area contributed by atoms with Crippen molar-refractivity contribution in [2.75, 3.05) is 5.32 Å². The van der Waals surface area contributed by atoms with E-state index in [9.17, 15) is 14.7 Å². The van der Waals surface area contributed by atoms with Crippen LogP contribution in [0.25, 0.3) is 0 Å². The summed E-state index contributed by atoms with van der Waals surface area (Å²) in [6, 6.07) is -0.467. The van der Waals surface area contributed by atoms with E-state index in [0.29, 0.717) is 18.0 Å². The molecule has 3 N–H and O–H groups in total. The zero-order valence-electron chi connectivity index (χ0n) is 11.8. The lowest BCUT2D eigenvalue weighted by molar-refractivity contribution is -0.144. The van der Waals surface area contributed by atoms with Crippen molar-refractivity contribution in [3.8, 4) is 0 Å². The Morgan fingerprint density at radius 1 is 1.14 bits per heavy atom. The van der Waals surface area contributed by atoms with Crippen LogP contribution in [-0.4, -0.2) is 27.6 Å². The van der Waals surface area contributed by atoms with E-state index in [2.05, 4.69) is 15.6 Å². The molecule has 3 rings (SSSR count). The van der Waals surface area contributed by atoms with E-state index in [-0.39, 0.29) is 0 Å². The zero-order valence-corrected chi connectivity index (χ0v) is 12.6. The number of carboxylic acid groups (broad SMARTS) is 1.